The van der Waals surface area contributed by atoms with E-state index in [0.717, 1.165) is 5.56 Å². The molecule has 0 bridgehead atoms. The highest BCUT2D eigenvalue weighted by molar-refractivity contribution is 5.96. The fraction of sp³-hybridized carbons (Fsp3) is 0.533. The maximum atomic E-state index is 13.4. The number of imidazole rings is 1. The molecule has 0 spiro atoms. The lowest BCUT2D eigenvalue weighted by molar-refractivity contribution is -0.137. The van der Waals surface area contributed by atoms with Crippen LogP contribution in [-0.2, 0) is 36.8 Å². The van der Waals surface area contributed by atoms with Crippen LogP contribution in [0.15, 0.2) is 42.9 Å². The number of nitrogens with one attached hydrogen (secondary N) is 5. The molecule has 0 aliphatic rings. The standard InChI is InChI=1S/C30H46N8O6/c1-6-17(4)24(37-27(41)21(31)12-19-10-8-7-9-11-19)29(43)38-25(18(5)39)30(44)36-23(16(2)3)28(42)35-22(26(32)40)13-20-14-33-15-34-20/h7-11,14-18,21-25,39H,6,12-13,31H2,1-5H3,(H2,32,40)(H,33,34)(H,35,42)(H,36,44)(H,37,41)(H,38,43)/t17-,18+,21-,22-,23-,24-,25-/m0/s1. The lowest BCUT2D eigenvalue weighted by atomic mass is 9.96. The molecule has 1 heterocycles. The number of aliphatic hydroxyl groups excluding tert-OH is 1. The smallest absolute Gasteiger partial charge is 0.245 e. The van der Waals surface area contributed by atoms with Gasteiger partial charge in [-0.1, -0.05) is 64.4 Å². The van der Waals surface area contributed by atoms with Crippen molar-refractivity contribution in [1.29, 1.82) is 0 Å². The van der Waals surface area contributed by atoms with Gasteiger partial charge in [0.1, 0.15) is 24.2 Å². The van der Waals surface area contributed by atoms with Gasteiger partial charge in [0.2, 0.25) is 29.5 Å². The summed E-state index contributed by atoms with van der Waals surface area (Å²) in [6.07, 6.45) is 2.40. The topological polar surface area (TPSA) is 234 Å². The molecule has 0 unspecified atom stereocenters. The molecule has 0 saturated heterocycles. The summed E-state index contributed by atoms with van der Waals surface area (Å²) in [5.74, 6) is -4.30. The van der Waals surface area contributed by atoms with Crippen LogP contribution in [0.4, 0.5) is 0 Å². The molecule has 0 aliphatic heterocycles. The summed E-state index contributed by atoms with van der Waals surface area (Å²) < 4.78 is 0. The summed E-state index contributed by atoms with van der Waals surface area (Å²) in [7, 11) is 0. The van der Waals surface area contributed by atoms with Gasteiger partial charge in [0.15, 0.2) is 0 Å². The number of H-pyrrole nitrogens is 1. The lowest BCUT2D eigenvalue weighted by Crippen LogP contribution is -2.62. The van der Waals surface area contributed by atoms with Gasteiger partial charge in [-0.15, -0.1) is 0 Å². The maximum Gasteiger partial charge on any atom is 0.245 e. The van der Waals surface area contributed by atoms with Gasteiger partial charge in [-0.2, -0.15) is 0 Å². The predicted molar refractivity (Wildman–Crippen MR) is 163 cm³/mol. The first-order chi connectivity index (χ1) is 20.7. The number of carbonyl (C=O) groups excluding carboxylic acids is 5. The molecule has 7 atom stereocenters. The number of nitrogens with zero attached hydrogens (tertiary/aromatic N) is 1. The maximum absolute atomic E-state index is 13.4. The van der Waals surface area contributed by atoms with Gasteiger partial charge in [0.25, 0.3) is 0 Å². The van der Waals surface area contributed by atoms with Crippen LogP contribution in [0.1, 0.15) is 52.3 Å². The van der Waals surface area contributed by atoms with E-state index in [1.54, 1.807) is 20.8 Å². The first-order valence-electron chi connectivity index (χ1n) is 14.7. The molecule has 0 radical (unpaired) electrons. The zero-order valence-electron chi connectivity index (χ0n) is 25.9. The van der Waals surface area contributed by atoms with Gasteiger partial charge in [0.05, 0.1) is 18.5 Å². The molecule has 0 aliphatic carbocycles. The minimum absolute atomic E-state index is 0.0594. The molecule has 0 fully saturated rings. The number of aromatic nitrogens is 2. The molecule has 1 aromatic carbocycles. The van der Waals surface area contributed by atoms with Gasteiger partial charge in [0, 0.05) is 18.3 Å². The number of rotatable bonds is 17. The zero-order valence-corrected chi connectivity index (χ0v) is 25.9. The summed E-state index contributed by atoms with van der Waals surface area (Å²) in [5, 5.41) is 20.8. The van der Waals surface area contributed by atoms with Crippen molar-refractivity contribution in [3.8, 4) is 0 Å². The Labute approximate surface area is 257 Å². The van der Waals surface area contributed by atoms with Crippen molar-refractivity contribution in [2.75, 3.05) is 0 Å². The van der Waals surface area contributed by atoms with E-state index in [4.69, 9.17) is 11.5 Å². The first-order valence-corrected chi connectivity index (χ1v) is 14.7. The highest BCUT2D eigenvalue weighted by Crippen LogP contribution is 2.11. The SMILES string of the molecule is CC[C@H](C)[C@H](NC(=O)[C@@H](N)Cc1ccccc1)C(=O)N[C@H](C(=O)N[C@H](C(=O)N[C@@H](Cc1cnc[nH]1)C(N)=O)C(C)C)[C@@H](C)O. The number of carbonyl (C=O) groups is 5. The van der Waals surface area contributed by atoms with E-state index in [9.17, 15) is 29.1 Å². The second-order valence-electron chi connectivity index (χ2n) is 11.4. The summed E-state index contributed by atoms with van der Waals surface area (Å²) in [6, 6.07) is 3.56. The van der Waals surface area contributed by atoms with Crippen LogP contribution in [0.5, 0.6) is 0 Å². The van der Waals surface area contributed by atoms with Gasteiger partial charge in [-0.25, -0.2) is 4.98 Å². The number of amides is 5. The number of hydrogen-bond acceptors (Lipinski definition) is 8. The third-order valence-electron chi connectivity index (χ3n) is 7.38. The Kier molecular flexibility index (Phi) is 14.0. The minimum atomic E-state index is -1.46. The van der Waals surface area contributed by atoms with E-state index in [1.807, 2.05) is 37.3 Å². The van der Waals surface area contributed by atoms with Crippen LogP contribution < -0.4 is 32.7 Å². The van der Waals surface area contributed by atoms with Crippen LogP contribution in [0.2, 0.25) is 0 Å². The molecule has 14 heteroatoms. The van der Waals surface area contributed by atoms with E-state index in [-0.39, 0.29) is 18.8 Å². The van der Waals surface area contributed by atoms with Crippen LogP contribution in [0, 0.1) is 11.8 Å². The fourth-order valence-corrected chi connectivity index (χ4v) is 4.45. The quantitative estimate of drug-likeness (QED) is 0.110. The number of nitrogens with two attached hydrogens (primary N) is 2. The van der Waals surface area contributed by atoms with Crippen LogP contribution >= 0.6 is 0 Å². The molecular formula is C30H46N8O6. The first kappa shape index (κ1) is 35.9. The van der Waals surface area contributed by atoms with Gasteiger partial charge in [-0.05, 0) is 30.7 Å². The van der Waals surface area contributed by atoms with Crippen molar-refractivity contribution >= 4 is 29.5 Å². The molecule has 1 aromatic heterocycles. The van der Waals surface area contributed by atoms with Crippen molar-refractivity contribution in [3.63, 3.8) is 0 Å². The number of aromatic amines is 1. The number of aliphatic hydroxyl groups is 1. The predicted octanol–water partition coefficient (Wildman–Crippen LogP) is -0.970. The van der Waals surface area contributed by atoms with Crippen molar-refractivity contribution in [1.82, 2.24) is 31.2 Å². The molecular weight excluding hydrogens is 568 g/mol. The molecule has 10 N–H and O–H groups in total. The summed E-state index contributed by atoms with van der Waals surface area (Å²) >= 11 is 0. The average molecular weight is 615 g/mol. The zero-order chi connectivity index (χ0) is 33.0. The van der Waals surface area contributed by atoms with Crippen molar-refractivity contribution in [2.45, 2.75) is 90.2 Å². The van der Waals surface area contributed by atoms with Gasteiger partial charge in [-0.3, -0.25) is 24.0 Å². The second-order valence-corrected chi connectivity index (χ2v) is 11.4. The van der Waals surface area contributed by atoms with Crippen molar-refractivity contribution in [3.05, 3.63) is 54.1 Å². The third-order valence-corrected chi connectivity index (χ3v) is 7.38. The van der Waals surface area contributed by atoms with Crippen LogP contribution in [0.25, 0.3) is 0 Å². The van der Waals surface area contributed by atoms with Gasteiger partial charge < -0.3 is 42.8 Å². The molecule has 0 saturated carbocycles. The highest BCUT2D eigenvalue weighted by atomic mass is 16.3. The lowest BCUT2D eigenvalue weighted by Gasteiger charge is -2.30. The summed E-state index contributed by atoms with van der Waals surface area (Å²) in [4.78, 5) is 71.6. The van der Waals surface area contributed by atoms with Crippen molar-refractivity contribution in [2.24, 2.45) is 23.3 Å². The Balaban J connectivity index is 2.13. The van der Waals surface area contributed by atoms with E-state index < -0.39 is 71.8 Å². The van der Waals surface area contributed by atoms with Crippen LogP contribution in [0.3, 0.4) is 0 Å². The average Bonchev–Trinajstić information content (AvgIpc) is 3.49. The Hall–Kier alpha value is -4.30. The normalized spacial score (nSPS) is 16.0. The fourth-order valence-electron chi connectivity index (χ4n) is 4.45. The molecule has 242 valence electrons. The highest BCUT2D eigenvalue weighted by Gasteiger charge is 2.35. The molecule has 5 amide bonds. The summed E-state index contributed by atoms with van der Waals surface area (Å²) in [6.45, 7) is 8.29. The number of benzene rings is 1. The summed E-state index contributed by atoms with van der Waals surface area (Å²) in [5.41, 5.74) is 13.0. The van der Waals surface area contributed by atoms with E-state index in [1.165, 1.54) is 19.4 Å². The van der Waals surface area contributed by atoms with Crippen molar-refractivity contribution < 1.29 is 29.1 Å². The minimum Gasteiger partial charge on any atom is -0.391 e. The van der Waals surface area contributed by atoms with E-state index >= 15 is 0 Å². The number of primary amides is 1. The Morgan fingerprint density at radius 3 is 1.93 bits per heavy atom. The molecule has 14 nitrogen and oxygen atoms in total. The largest absolute Gasteiger partial charge is 0.391 e. The molecule has 44 heavy (non-hydrogen) atoms. The molecule has 2 rings (SSSR count). The van der Waals surface area contributed by atoms with E-state index in [2.05, 4.69) is 31.2 Å². The number of hydrogen-bond donors (Lipinski definition) is 8. The van der Waals surface area contributed by atoms with E-state index in [0.29, 0.717) is 12.1 Å². The Morgan fingerprint density at radius 2 is 1.41 bits per heavy atom. The second kappa shape index (κ2) is 17.1. The Morgan fingerprint density at radius 1 is 0.841 bits per heavy atom. The van der Waals surface area contributed by atoms with Gasteiger partial charge >= 0.3 is 0 Å². The van der Waals surface area contributed by atoms with Crippen LogP contribution in [-0.4, -0.2) is 80.9 Å². The Bertz CT molecular complexity index is 1240. The monoisotopic (exact) mass is 614 g/mol. The molecule has 2 aromatic rings. The third kappa shape index (κ3) is 10.8.